The molecular formula is C13H25N5O. The molecule has 1 amide bonds. The number of carbonyl (C=O) groups excluding carboxylic acids is 1. The van der Waals surface area contributed by atoms with Gasteiger partial charge in [-0.2, -0.15) is 5.10 Å². The predicted molar refractivity (Wildman–Crippen MR) is 74.5 cm³/mol. The molecule has 0 bridgehead atoms. The highest BCUT2D eigenvalue weighted by molar-refractivity contribution is 5.76. The number of aryl methyl sites for hydroxylation is 1. The fourth-order valence-electron chi connectivity index (χ4n) is 1.67. The number of aromatic nitrogens is 3. The average molecular weight is 267 g/mol. The molecule has 0 saturated heterocycles. The van der Waals surface area contributed by atoms with Gasteiger partial charge < -0.3 is 10.6 Å². The van der Waals surface area contributed by atoms with Crippen LogP contribution in [0.5, 0.6) is 0 Å². The van der Waals surface area contributed by atoms with E-state index in [9.17, 15) is 4.79 Å². The van der Waals surface area contributed by atoms with Crippen molar-refractivity contribution in [3.63, 3.8) is 0 Å². The molecule has 1 rings (SSSR count). The molecule has 0 fully saturated rings. The molecule has 1 atom stereocenters. The molecule has 108 valence electrons. The van der Waals surface area contributed by atoms with Crippen molar-refractivity contribution in [3.8, 4) is 0 Å². The van der Waals surface area contributed by atoms with Crippen LogP contribution in [0.15, 0.2) is 6.33 Å². The van der Waals surface area contributed by atoms with E-state index in [2.05, 4.69) is 34.6 Å². The fourth-order valence-corrected chi connectivity index (χ4v) is 1.67. The van der Waals surface area contributed by atoms with Crippen molar-refractivity contribution in [1.29, 1.82) is 0 Å². The second kappa shape index (κ2) is 8.63. The van der Waals surface area contributed by atoms with E-state index in [4.69, 9.17) is 0 Å². The summed E-state index contributed by atoms with van der Waals surface area (Å²) in [5.74, 6) is 1.01. The molecule has 1 unspecified atom stereocenters. The Morgan fingerprint density at radius 2 is 2.26 bits per heavy atom. The number of hydrogen-bond donors (Lipinski definition) is 2. The van der Waals surface area contributed by atoms with Crippen LogP contribution in [0.4, 0.5) is 0 Å². The van der Waals surface area contributed by atoms with Gasteiger partial charge in [-0.05, 0) is 19.8 Å². The smallest absolute Gasteiger partial charge is 0.221 e. The van der Waals surface area contributed by atoms with E-state index in [1.165, 1.54) is 0 Å². The molecule has 0 radical (unpaired) electrons. The van der Waals surface area contributed by atoms with Gasteiger partial charge in [0.05, 0.1) is 6.54 Å². The minimum Gasteiger partial charge on any atom is -0.354 e. The van der Waals surface area contributed by atoms with Gasteiger partial charge in [0.1, 0.15) is 12.2 Å². The molecule has 0 aliphatic heterocycles. The number of hydrogen-bond acceptors (Lipinski definition) is 4. The van der Waals surface area contributed by atoms with Gasteiger partial charge in [0.15, 0.2) is 0 Å². The Labute approximate surface area is 115 Å². The van der Waals surface area contributed by atoms with Crippen molar-refractivity contribution >= 4 is 5.91 Å². The van der Waals surface area contributed by atoms with Gasteiger partial charge in [0.25, 0.3) is 0 Å². The molecule has 0 aromatic carbocycles. The van der Waals surface area contributed by atoms with Crippen molar-refractivity contribution < 1.29 is 4.79 Å². The Bertz CT molecular complexity index is 377. The lowest BCUT2D eigenvalue weighted by atomic mass is 10.2. The second-order valence-corrected chi connectivity index (χ2v) is 4.70. The van der Waals surface area contributed by atoms with Gasteiger partial charge in [-0.1, -0.05) is 13.8 Å². The van der Waals surface area contributed by atoms with E-state index in [-0.39, 0.29) is 11.9 Å². The number of amides is 1. The molecule has 0 aliphatic rings. The van der Waals surface area contributed by atoms with Crippen molar-refractivity contribution in [2.45, 2.75) is 59.2 Å². The van der Waals surface area contributed by atoms with Gasteiger partial charge in [0, 0.05) is 25.6 Å². The summed E-state index contributed by atoms with van der Waals surface area (Å²) >= 11 is 0. The maximum atomic E-state index is 11.6. The van der Waals surface area contributed by atoms with Crippen molar-refractivity contribution in [3.05, 3.63) is 12.2 Å². The molecule has 2 N–H and O–H groups in total. The van der Waals surface area contributed by atoms with Crippen LogP contribution in [0.1, 0.15) is 45.9 Å². The lowest BCUT2D eigenvalue weighted by Gasteiger charge is -2.11. The summed E-state index contributed by atoms with van der Waals surface area (Å²) in [6.45, 7) is 8.36. The third-order valence-corrected chi connectivity index (χ3v) is 2.96. The van der Waals surface area contributed by atoms with Gasteiger partial charge >= 0.3 is 0 Å². The quantitative estimate of drug-likeness (QED) is 0.657. The number of carbonyl (C=O) groups is 1. The number of rotatable bonds is 9. The lowest BCUT2D eigenvalue weighted by Crippen LogP contribution is -2.34. The van der Waals surface area contributed by atoms with E-state index in [1.54, 1.807) is 6.33 Å². The summed E-state index contributed by atoms with van der Waals surface area (Å²) in [6.07, 6.45) is 4.06. The van der Waals surface area contributed by atoms with E-state index in [0.29, 0.717) is 19.5 Å². The first-order chi connectivity index (χ1) is 9.17. The first-order valence-corrected chi connectivity index (χ1v) is 7.04. The van der Waals surface area contributed by atoms with Crippen LogP contribution in [0.2, 0.25) is 0 Å². The third-order valence-electron chi connectivity index (χ3n) is 2.96. The largest absolute Gasteiger partial charge is 0.354 e. The monoisotopic (exact) mass is 267 g/mol. The Hall–Kier alpha value is -1.43. The zero-order valence-corrected chi connectivity index (χ0v) is 12.1. The van der Waals surface area contributed by atoms with Crippen LogP contribution in [0.25, 0.3) is 0 Å². The molecule has 0 spiro atoms. The Morgan fingerprint density at radius 1 is 1.47 bits per heavy atom. The number of nitrogens with one attached hydrogen (secondary N) is 2. The molecule has 0 saturated carbocycles. The third kappa shape index (κ3) is 5.83. The molecular weight excluding hydrogens is 242 g/mol. The molecule has 1 aromatic rings. The van der Waals surface area contributed by atoms with Crippen LogP contribution >= 0.6 is 0 Å². The molecule has 1 heterocycles. The van der Waals surface area contributed by atoms with Crippen LogP contribution in [-0.4, -0.2) is 33.3 Å². The van der Waals surface area contributed by atoms with Crippen molar-refractivity contribution in [2.24, 2.45) is 0 Å². The topological polar surface area (TPSA) is 71.8 Å². The lowest BCUT2D eigenvalue weighted by molar-refractivity contribution is -0.121. The van der Waals surface area contributed by atoms with Gasteiger partial charge in [0.2, 0.25) is 5.91 Å². The van der Waals surface area contributed by atoms with Gasteiger partial charge in [-0.15, -0.1) is 0 Å². The minimum absolute atomic E-state index is 0.0943. The van der Waals surface area contributed by atoms with Crippen molar-refractivity contribution in [2.75, 3.05) is 6.54 Å². The first-order valence-electron chi connectivity index (χ1n) is 7.04. The highest BCUT2D eigenvalue weighted by Crippen LogP contribution is 1.95. The van der Waals surface area contributed by atoms with E-state index >= 15 is 0 Å². The highest BCUT2D eigenvalue weighted by Gasteiger charge is 2.06. The van der Waals surface area contributed by atoms with Crippen LogP contribution in [0, 0.1) is 0 Å². The Morgan fingerprint density at radius 3 is 2.95 bits per heavy atom. The molecule has 0 aliphatic carbocycles. The number of nitrogens with zero attached hydrogens (tertiary/aromatic N) is 3. The van der Waals surface area contributed by atoms with E-state index in [1.807, 2.05) is 11.6 Å². The Balaban J connectivity index is 2.20. The van der Waals surface area contributed by atoms with E-state index < -0.39 is 0 Å². The average Bonchev–Trinajstić information content (AvgIpc) is 2.82. The molecule has 19 heavy (non-hydrogen) atoms. The first kappa shape index (κ1) is 15.6. The Kier molecular flexibility index (Phi) is 7.10. The van der Waals surface area contributed by atoms with Gasteiger partial charge in [-0.25, -0.2) is 9.67 Å². The summed E-state index contributed by atoms with van der Waals surface area (Å²) in [4.78, 5) is 15.8. The summed E-state index contributed by atoms with van der Waals surface area (Å²) in [7, 11) is 0. The van der Waals surface area contributed by atoms with Crippen LogP contribution in [-0.2, 0) is 17.9 Å². The second-order valence-electron chi connectivity index (χ2n) is 4.70. The fraction of sp³-hybridized carbons (Fsp3) is 0.769. The summed E-state index contributed by atoms with van der Waals surface area (Å²) < 4.78 is 1.90. The van der Waals surface area contributed by atoms with Crippen LogP contribution in [0.3, 0.4) is 0 Å². The standard InChI is InChI=1S/C13H25N5O/c1-4-8-18-12(15-10-16-18)9-14-7-6-13(19)17-11(3)5-2/h10-11,14H,4-9H2,1-3H3,(H,17,19). The molecule has 6 heteroatoms. The van der Waals surface area contributed by atoms with Crippen LogP contribution < -0.4 is 10.6 Å². The van der Waals surface area contributed by atoms with Crippen molar-refractivity contribution in [1.82, 2.24) is 25.4 Å². The van der Waals surface area contributed by atoms with Gasteiger partial charge in [-0.3, -0.25) is 4.79 Å². The molecule has 1 aromatic heterocycles. The summed E-state index contributed by atoms with van der Waals surface area (Å²) in [6, 6.07) is 0.250. The summed E-state index contributed by atoms with van der Waals surface area (Å²) in [5, 5.41) is 10.3. The zero-order chi connectivity index (χ0) is 14.1. The highest BCUT2D eigenvalue weighted by atomic mass is 16.1. The zero-order valence-electron chi connectivity index (χ0n) is 12.1. The molecule has 6 nitrogen and oxygen atoms in total. The maximum Gasteiger partial charge on any atom is 0.221 e. The maximum absolute atomic E-state index is 11.6. The summed E-state index contributed by atoms with van der Waals surface area (Å²) in [5.41, 5.74) is 0. The predicted octanol–water partition coefficient (Wildman–Crippen LogP) is 1.08. The normalized spacial score (nSPS) is 12.4. The SMILES string of the molecule is CCCn1ncnc1CNCCC(=O)NC(C)CC. The minimum atomic E-state index is 0.0943. The van der Waals surface area contributed by atoms with E-state index in [0.717, 1.165) is 25.2 Å².